The number of aromatic hydroxyl groups is 2. The van der Waals surface area contributed by atoms with Gasteiger partial charge in [0.25, 0.3) is 23.6 Å². The molecule has 0 atom stereocenters. The van der Waals surface area contributed by atoms with E-state index in [1.807, 2.05) is 65.8 Å². The number of imide groups is 2. The van der Waals surface area contributed by atoms with E-state index < -0.39 is 46.4 Å². The van der Waals surface area contributed by atoms with Crippen LogP contribution >= 0.6 is 0 Å². The summed E-state index contributed by atoms with van der Waals surface area (Å²) in [5.74, 6) is -3.61. The summed E-state index contributed by atoms with van der Waals surface area (Å²) in [5.41, 5.74) is 5.35. The van der Waals surface area contributed by atoms with E-state index in [0.29, 0.717) is 56.0 Å². The highest BCUT2D eigenvalue weighted by Crippen LogP contribution is 2.43. The molecule has 2 heterocycles. The Bertz CT molecular complexity index is 2950. The molecular weight excluding hydrogens is 941 g/mol. The van der Waals surface area contributed by atoms with Crippen molar-refractivity contribution in [1.29, 1.82) is 0 Å². The zero-order valence-electron chi connectivity index (χ0n) is 42.3. The minimum absolute atomic E-state index is 0.0207. The Morgan fingerprint density at radius 2 is 0.730 bits per heavy atom. The smallest absolute Gasteiger partial charge is 0.335 e. The van der Waals surface area contributed by atoms with E-state index in [0.717, 1.165) is 11.1 Å². The van der Waals surface area contributed by atoms with Crippen LogP contribution in [-0.2, 0) is 36.5 Å². The number of phenolic OH excluding ortho intramolecular Hbond substituents is 2. The minimum atomic E-state index is -1.22. The fourth-order valence-electron chi connectivity index (χ4n) is 10.1. The number of benzene rings is 6. The molecule has 0 spiro atoms. The van der Waals surface area contributed by atoms with Gasteiger partial charge in [-0.1, -0.05) is 90.1 Å². The Morgan fingerprint density at radius 1 is 0.459 bits per heavy atom. The number of rotatable bonds is 12. The van der Waals surface area contributed by atoms with Gasteiger partial charge in [-0.25, -0.2) is 9.59 Å². The molecule has 74 heavy (non-hydrogen) atoms. The van der Waals surface area contributed by atoms with Crippen molar-refractivity contribution in [3.05, 3.63) is 186 Å². The van der Waals surface area contributed by atoms with Crippen LogP contribution in [0, 0.1) is 0 Å². The molecule has 380 valence electrons. The van der Waals surface area contributed by atoms with Crippen molar-refractivity contribution >= 4 is 35.6 Å². The number of aromatic carboxylic acids is 2. The Kier molecular flexibility index (Phi) is 13.4. The molecule has 0 aromatic heterocycles. The zero-order valence-corrected chi connectivity index (χ0v) is 42.3. The summed E-state index contributed by atoms with van der Waals surface area (Å²) in [6.07, 6.45) is 0.384. The van der Waals surface area contributed by atoms with Gasteiger partial charge in [-0.15, -0.1) is 0 Å². The molecule has 0 unspecified atom stereocenters. The maximum Gasteiger partial charge on any atom is 0.335 e. The third kappa shape index (κ3) is 9.83. The van der Waals surface area contributed by atoms with Gasteiger partial charge in [-0.2, -0.15) is 0 Å². The molecule has 0 radical (unpaired) electrons. The van der Waals surface area contributed by atoms with Gasteiger partial charge < -0.3 is 29.9 Å². The molecular formula is C60H58N2O12. The van der Waals surface area contributed by atoms with Crippen LogP contribution in [0.3, 0.4) is 0 Å². The predicted molar refractivity (Wildman–Crippen MR) is 275 cm³/mol. The summed E-state index contributed by atoms with van der Waals surface area (Å²) < 4.78 is 13.3. The second-order valence-electron chi connectivity index (χ2n) is 21.4. The first kappa shape index (κ1) is 50.7. The molecule has 2 aliphatic heterocycles. The molecule has 9 rings (SSSR count). The van der Waals surface area contributed by atoms with E-state index in [4.69, 9.17) is 9.47 Å². The third-order valence-corrected chi connectivity index (χ3v) is 14.1. The molecule has 4 N–H and O–H groups in total. The lowest BCUT2D eigenvalue weighted by molar-refractivity contribution is 0.0630. The lowest BCUT2D eigenvalue weighted by Crippen LogP contribution is -2.31. The SMILES string of the molecule is CC(C)(C)c1cc2c(OCCCN3C(=O)c4ccccc4C3=O)c(c1)Cc1cc(C(=O)O)cc(c1O)Cc1cc(C(C)(C)C)cc(c1OCCCN1C(=O)c3ccccc3C1=O)Cc1cc(C(=O)O)cc(c1O)C2. The average molecular weight is 999 g/mol. The van der Waals surface area contributed by atoms with Gasteiger partial charge in [0.05, 0.1) is 46.6 Å². The first-order valence-electron chi connectivity index (χ1n) is 24.7. The van der Waals surface area contributed by atoms with E-state index in [2.05, 4.69) is 0 Å². The summed E-state index contributed by atoms with van der Waals surface area (Å²) >= 11 is 0. The van der Waals surface area contributed by atoms with Crippen molar-refractivity contribution < 1.29 is 58.7 Å². The number of hydrogen-bond donors (Lipinski definition) is 4. The number of fused-ring (bicyclic) bond motifs is 10. The second-order valence-corrected chi connectivity index (χ2v) is 21.4. The fourth-order valence-corrected chi connectivity index (χ4v) is 10.1. The van der Waals surface area contributed by atoms with E-state index in [1.54, 1.807) is 48.5 Å². The number of carbonyl (C=O) groups excluding carboxylic acids is 4. The summed E-state index contributed by atoms with van der Waals surface area (Å²) in [4.78, 5) is 81.3. The maximum atomic E-state index is 13.3. The van der Waals surface area contributed by atoms with Crippen LogP contribution in [0.15, 0.2) is 97.1 Å². The highest BCUT2D eigenvalue weighted by Gasteiger charge is 2.36. The van der Waals surface area contributed by atoms with Crippen molar-refractivity contribution in [3.63, 3.8) is 0 Å². The zero-order chi connectivity index (χ0) is 53.0. The van der Waals surface area contributed by atoms with Crippen molar-refractivity contribution in [2.24, 2.45) is 0 Å². The Hall–Kier alpha value is -8.26. The van der Waals surface area contributed by atoms with Crippen LogP contribution in [0.5, 0.6) is 23.0 Å². The lowest BCUT2D eigenvalue weighted by atomic mass is 9.81. The Labute approximate surface area is 428 Å². The number of ether oxygens (including phenoxy) is 2. The Balaban J connectivity index is 1.16. The van der Waals surface area contributed by atoms with E-state index in [1.165, 1.54) is 34.1 Å². The van der Waals surface area contributed by atoms with Crippen LogP contribution in [0.25, 0.3) is 0 Å². The summed E-state index contributed by atoms with van der Waals surface area (Å²) in [5, 5.41) is 46.0. The molecule has 4 amide bonds. The molecule has 6 aromatic rings. The molecule has 0 saturated carbocycles. The van der Waals surface area contributed by atoms with Crippen LogP contribution in [0.4, 0.5) is 0 Å². The standard InChI is InChI=1S/C60H58N2O12/c1-59(2,3)43-29-37-21-33-25-41(57(69)70)27-35(49(33)63)23-39-31-44(60(4,5)6)32-40(52(39)74-20-12-18-62-55(67)47-15-9-10-16-48(47)56(62)68)24-36-28-42(58(71)72)26-34(50(36)64)22-38(30-43)51(37)73-19-11-17-61-53(65)45-13-7-8-14-46(45)54(61)66/h7-10,13-16,25-32,63-64H,11-12,17-24H2,1-6H3,(H,69,70)(H,71,72). The van der Waals surface area contributed by atoms with E-state index >= 15 is 0 Å². The normalized spacial score (nSPS) is 14.3. The third-order valence-electron chi connectivity index (χ3n) is 14.1. The van der Waals surface area contributed by atoms with Crippen molar-refractivity contribution in [2.45, 2.75) is 90.9 Å². The first-order chi connectivity index (χ1) is 35.1. The van der Waals surface area contributed by atoms with E-state index in [9.17, 15) is 49.2 Å². The number of hydrogen-bond acceptors (Lipinski definition) is 10. The summed E-state index contributed by atoms with van der Waals surface area (Å²) in [7, 11) is 0. The van der Waals surface area contributed by atoms with Gasteiger partial charge in [0, 0.05) is 38.8 Å². The van der Waals surface area contributed by atoms with Crippen LogP contribution in [0.1, 0.15) is 172 Å². The molecule has 1 aliphatic carbocycles. The molecule has 6 aromatic carbocycles. The molecule has 3 aliphatic rings. The average Bonchev–Trinajstić information content (AvgIpc) is 3.73. The van der Waals surface area contributed by atoms with Crippen molar-refractivity contribution in [2.75, 3.05) is 26.3 Å². The first-order valence-corrected chi connectivity index (χ1v) is 24.7. The lowest BCUT2D eigenvalue weighted by Gasteiger charge is -2.26. The van der Waals surface area contributed by atoms with Gasteiger partial charge in [-0.3, -0.25) is 29.0 Å². The molecule has 8 bridgehead atoms. The van der Waals surface area contributed by atoms with Crippen LogP contribution in [0.2, 0.25) is 0 Å². The summed E-state index contributed by atoms with van der Waals surface area (Å²) in [6, 6.07) is 26.7. The maximum absolute atomic E-state index is 13.3. The highest BCUT2D eigenvalue weighted by atomic mass is 16.5. The topological polar surface area (TPSA) is 208 Å². The van der Waals surface area contributed by atoms with Crippen molar-refractivity contribution in [1.82, 2.24) is 9.80 Å². The Morgan fingerprint density at radius 3 is 0.973 bits per heavy atom. The molecule has 14 nitrogen and oxygen atoms in total. The number of carbonyl (C=O) groups is 6. The number of phenols is 2. The highest BCUT2D eigenvalue weighted by molar-refractivity contribution is 6.22. The van der Waals surface area contributed by atoms with Crippen molar-refractivity contribution in [3.8, 4) is 23.0 Å². The minimum Gasteiger partial charge on any atom is -0.507 e. The molecule has 0 fully saturated rings. The quantitative estimate of drug-likeness (QED) is 0.0666. The van der Waals surface area contributed by atoms with Crippen LogP contribution < -0.4 is 9.47 Å². The second kappa shape index (κ2) is 19.6. The molecule has 14 heteroatoms. The fraction of sp³-hybridized carbons (Fsp3) is 0.300. The summed E-state index contributed by atoms with van der Waals surface area (Å²) in [6.45, 7) is 12.3. The van der Waals surface area contributed by atoms with Gasteiger partial charge >= 0.3 is 11.9 Å². The largest absolute Gasteiger partial charge is 0.507 e. The van der Waals surface area contributed by atoms with Gasteiger partial charge in [0.15, 0.2) is 0 Å². The number of carboxylic acids is 2. The van der Waals surface area contributed by atoms with Gasteiger partial charge in [0.1, 0.15) is 23.0 Å². The van der Waals surface area contributed by atoms with Gasteiger partial charge in [-0.05, 0) is 128 Å². The number of carboxylic acid groups (broad SMARTS) is 2. The number of nitrogens with zero attached hydrogens (tertiary/aromatic N) is 2. The monoisotopic (exact) mass is 998 g/mol. The van der Waals surface area contributed by atoms with Gasteiger partial charge in [0.2, 0.25) is 0 Å². The van der Waals surface area contributed by atoms with Crippen LogP contribution in [-0.4, -0.2) is 92.1 Å². The number of amides is 4. The molecule has 0 saturated heterocycles. The predicted octanol–water partition coefficient (Wildman–Crippen LogP) is 9.90. The van der Waals surface area contributed by atoms with E-state index in [-0.39, 0.29) is 110 Å².